The topological polar surface area (TPSA) is 58.1 Å². The van der Waals surface area contributed by atoms with Gasteiger partial charge in [-0.25, -0.2) is 9.97 Å². The summed E-state index contributed by atoms with van der Waals surface area (Å²) in [6, 6.07) is 20.5. The largest absolute Gasteiger partial charge is 0.357 e. The summed E-state index contributed by atoms with van der Waals surface area (Å²) < 4.78 is 0. The van der Waals surface area contributed by atoms with Crippen molar-refractivity contribution in [2.45, 2.75) is 19.3 Å². The number of para-hydroxylation sites is 1. The number of nitrogens with zero attached hydrogens (tertiary/aromatic N) is 3. The maximum absolute atomic E-state index is 13.0. The number of carbonyl (C=O) groups is 1. The van der Waals surface area contributed by atoms with Gasteiger partial charge in [-0.2, -0.15) is 0 Å². The van der Waals surface area contributed by atoms with E-state index in [2.05, 4.69) is 45.5 Å². The van der Waals surface area contributed by atoms with E-state index in [1.54, 1.807) is 6.20 Å². The molecule has 0 bridgehead atoms. The molecule has 0 saturated carbocycles. The second-order valence-corrected chi connectivity index (χ2v) is 8.85. The minimum atomic E-state index is -0.145. The summed E-state index contributed by atoms with van der Waals surface area (Å²) >= 11 is 1.42. The molecule has 1 amide bonds. The number of nitrogens with one attached hydrogen (secondary N) is 1. The van der Waals surface area contributed by atoms with Crippen molar-refractivity contribution in [3.63, 3.8) is 0 Å². The van der Waals surface area contributed by atoms with Crippen LogP contribution in [-0.2, 0) is 6.42 Å². The molecule has 1 saturated heterocycles. The summed E-state index contributed by atoms with van der Waals surface area (Å²) in [5, 5.41) is 6.24. The number of hydrogen-bond donors (Lipinski definition) is 1. The van der Waals surface area contributed by atoms with E-state index in [0.29, 0.717) is 16.6 Å². The number of benzene rings is 2. The minimum Gasteiger partial charge on any atom is -0.357 e. The predicted molar refractivity (Wildman–Crippen MR) is 127 cm³/mol. The van der Waals surface area contributed by atoms with Crippen LogP contribution in [0.3, 0.4) is 0 Å². The molecule has 6 heteroatoms. The van der Waals surface area contributed by atoms with Crippen molar-refractivity contribution in [2.24, 2.45) is 5.92 Å². The molecule has 0 spiro atoms. The molecular formula is C25H24N4OS. The van der Waals surface area contributed by atoms with Gasteiger partial charge in [0.1, 0.15) is 5.82 Å². The Kier molecular flexibility index (Phi) is 5.63. The summed E-state index contributed by atoms with van der Waals surface area (Å²) in [7, 11) is 0. The molecule has 0 atom stereocenters. The van der Waals surface area contributed by atoms with Gasteiger partial charge in [-0.3, -0.25) is 10.1 Å². The lowest BCUT2D eigenvalue weighted by Gasteiger charge is -2.33. The molecule has 1 aliphatic rings. The van der Waals surface area contributed by atoms with E-state index in [1.807, 2.05) is 35.7 Å². The Labute approximate surface area is 185 Å². The zero-order chi connectivity index (χ0) is 21.0. The lowest BCUT2D eigenvalue weighted by molar-refractivity contribution is 0.102. The molecule has 156 valence electrons. The number of pyridine rings is 1. The third-order valence-electron chi connectivity index (χ3n) is 5.91. The standard InChI is InChI=1S/C25H24N4OS/c30-24(28-25-26-12-15-31-25)21-17-23(27-22-9-5-4-8-20(21)22)29-13-10-19(11-14-29)16-18-6-2-1-3-7-18/h1-9,12,15,17,19H,10-11,13-14,16H2,(H,26,28,30). The van der Waals surface area contributed by atoms with Crippen LogP contribution in [0, 0.1) is 5.92 Å². The minimum absolute atomic E-state index is 0.145. The molecule has 3 heterocycles. The quantitative estimate of drug-likeness (QED) is 0.462. The zero-order valence-electron chi connectivity index (χ0n) is 17.2. The Morgan fingerprint density at radius 3 is 2.61 bits per heavy atom. The van der Waals surface area contributed by atoms with Gasteiger partial charge >= 0.3 is 0 Å². The summed E-state index contributed by atoms with van der Waals surface area (Å²) in [5.41, 5.74) is 2.89. The van der Waals surface area contributed by atoms with E-state index in [-0.39, 0.29) is 5.91 Å². The van der Waals surface area contributed by atoms with Gasteiger partial charge in [-0.1, -0.05) is 48.5 Å². The molecule has 1 aliphatic heterocycles. The normalized spacial score (nSPS) is 14.6. The van der Waals surface area contributed by atoms with Gasteiger partial charge in [-0.05, 0) is 42.9 Å². The van der Waals surface area contributed by atoms with Crippen LogP contribution in [0.5, 0.6) is 0 Å². The van der Waals surface area contributed by atoms with Crippen LogP contribution in [0.2, 0.25) is 0 Å². The number of fused-ring (bicyclic) bond motifs is 1. The monoisotopic (exact) mass is 428 g/mol. The Bertz CT molecular complexity index is 1170. The second kappa shape index (κ2) is 8.86. The first-order chi connectivity index (χ1) is 15.3. The molecule has 1 N–H and O–H groups in total. The number of thiazole rings is 1. The number of amides is 1. The highest BCUT2D eigenvalue weighted by Gasteiger charge is 2.22. The van der Waals surface area contributed by atoms with E-state index in [0.717, 1.165) is 49.1 Å². The molecule has 2 aromatic heterocycles. The molecule has 5 nitrogen and oxygen atoms in total. The Hall–Kier alpha value is -3.25. The SMILES string of the molecule is O=C(Nc1nccs1)c1cc(N2CCC(Cc3ccccc3)CC2)nc2ccccc12. The molecular weight excluding hydrogens is 404 g/mol. The maximum Gasteiger partial charge on any atom is 0.258 e. The van der Waals surface area contributed by atoms with Gasteiger partial charge in [0.2, 0.25) is 0 Å². The lowest BCUT2D eigenvalue weighted by atomic mass is 9.90. The van der Waals surface area contributed by atoms with E-state index < -0.39 is 0 Å². The third-order valence-corrected chi connectivity index (χ3v) is 6.59. The lowest BCUT2D eigenvalue weighted by Crippen LogP contribution is -2.35. The van der Waals surface area contributed by atoms with Gasteiger partial charge < -0.3 is 4.90 Å². The average Bonchev–Trinajstić information content (AvgIpc) is 3.32. The highest BCUT2D eigenvalue weighted by molar-refractivity contribution is 7.13. The van der Waals surface area contributed by atoms with Crippen LogP contribution < -0.4 is 10.2 Å². The van der Waals surface area contributed by atoms with Crippen LogP contribution in [0.1, 0.15) is 28.8 Å². The van der Waals surface area contributed by atoms with Crippen LogP contribution >= 0.6 is 11.3 Å². The molecule has 1 fully saturated rings. The molecule has 4 aromatic rings. The molecule has 31 heavy (non-hydrogen) atoms. The van der Waals surface area contributed by atoms with Crippen molar-refractivity contribution in [2.75, 3.05) is 23.3 Å². The first-order valence-corrected chi connectivity index (χ1v) is 11.5. The van der Waals surface area contributed by atoms with Crippen molar-refractivity contribution < 1.29 is 4.79 Å². The first kappa shape index (κ1) is 19.7. The van der Waals surface area contributed by atoms with Gasteiger partial charge in [-0.15, -0.1) is 11.3 Å². The fourth-order valence-corrected chi connectivity index (χ4v) is 4.80. The number of anilines is 2. The summed E-state index contributed by atoms with van der Waals surface area (Å²) in [4.78, 5) is 24.4. The first-order valence-electron chi connectivity index (χ1n) is 10.7. The summed E-state index contributed by atoms with van der Waals surface area (Å²) in [6.45, 7) is 1.91. The van der Waals surface area contributed by atoms with Gasteiger partial charge in [0.15, 0.2) is 5.13 Å². The van der Waals surface area contributed by atoms with Gasteiger partial charge in [0.25, 0.3) is 5.91 Å². The number of hydrogen-bond acceptors (Lipinski definition) is 5. The second-order valence-electron chi connectivity index (χ2n) is 7.96. The van der Waals surface area contributed by atoms with Crippen molar-refractivity contribution >= 4 is 39.1 Å². The van der Waals surface area contributed by atoms with Gasteiger partial charge in [0, 0.05) is 30.1 Å². The molecule has 2 aromatic carbocycles. The van der Waals surface area contributed by atoms with E-state index in [4.69, 9.17) is 4.98 Å². The van der Waals surface area contributed by atoms with Gasteiger partial charge in [0.05, 0.1) is 11.1 Å². The fraction of sp³-hybridized carbons (Fsp3) is 0.240. The Morgan fingerprint density at radius 1 is 1.06 bits per heavy atom. The number of rotatable bonds is 5. The number of aromatic nitrogens is 2. The third kappa shape index (κ3) is 4.44. The van der Waals surface area contributed by atoms with Crippen molar-refractivity contribution in [3.8, 4) is 0 Å². The van der Waals surface area contributed by atoms with Crippen LogP contribution in [0.25, 0.3) is 10.9 Å². The van der Waals surface area contributed by atoms with E-state index in [1.165, 1.54) is 16.9 Å². The molecule has 0 radical (unpaired) electrons. The predicted octanol–water partition coefficient (Wildman–Crippen LogP) is 5.40. The summed E-state index contributed by atoms with van der Waals surface area (Å²) in [6.07, 6.45) is 5.07. The molecule has 0 aliphatic carbocycles. The van der Waals surface area contributed by atoms with Crippen LogP contribution in [0.4, 0.5) is 10.9 Å². The number of piperidine rings is 1. The van der Waals surface area contributed by atoms with E-state index >= 15 is 0 Å². The smallest absolute Gasteiger partial charge is 0.258 e. The van der Waals surface area contributed by atoms with Crippen molar-refractivity contribution in [1.29, 1.82) is 0 Å². The Balaban J connectivity index is 1.36. The highest BCUT2D eigenvalue weighted by Crippen LogP contribution is 2.28. The van der Waals surface area contributed by atoms with Crippen molar-refractivity contribution in [1.82, 2.24) is 9.97 Å². The molecule has 0 unspecified atom stereocenters. The molecule has 5 rings (SSSR count). The average molecular weight is 429 g/mol. The number of carbonyl (C=O) groups excluding carboxylic acids is 1. The Morgan fingerprint density at radius 2 is 1.84 bits per heavy atom. The van der Waals surface area contributed by atoms with Crippen molar-refractivity contribution in [3.05, 3.63) is 83.4 Å². The van der Waals surface area contributed by atoms with E-state index in [9.17, 15) is 4.79 Å². The highest BCUT2D eigenvalue weighted by atomic mass is 32.1. The maximum atomic E-state index is 13.0. The zero-order valence-corrected chi connectivity index (χ0v) is 18.0. The summed E-state index contributed by atoms with van der Waals surface area (Å²) in [5.74, 6) is 1.42. The van der Waals surface area contributed by atoms with Crippen LogP contribution in [0.15, 0.2) is 72.2 Å². The van der Waals surface area contributed by atoms with Crippen LogP contribution in [-0.4, -0.2) is 29.0 Å². The fourth-order valence-electron chi connectivity index (χ4n) is 4.27.